The Morgan fingerprint density at radius 3 is 1.96 bits per heavy atom. The van der Waals surface area contributed by atoms with E-state index in [0.717, 1.165) is 29.9 Å². The summed E-state index contributed by atoms with van der Waals surface area (Å²) < 4.78 is 125. The summed E-state index contributed by atoms with van der Waals surface area (Å²) in [5, 5.41) is 3.67. The zero-order chi connectivity index (χ0) is 60.3. The number of aromatic nitrogens is 6. The van der Waals surface area contributed by atoms with E-state index in [9.17, 15) is 63.2 Å². The van der Waals surface area contributed by atoms with Gasteiger partial charge in [-0.05, 0) is 68.9 Å². The molecule has 0 spiro atoms. The van der Waals surface area contributed by atoms with E-state index in [-0.39, 0.29) is 82.8 Å². The van der Waals surface area contributed by atoms with Crippen molar-refractivity contribution >= 4 is 79.0 Å². The van der Waals surface area contributed by atoms with E-state index in [2.05, 4.69) is 46.5 Å². The van der Waals surface area contributed by atoms with Gasteiger partial charge in [-0.15, -0.1) is 6.42 Å². The molecule has 5 aromatic rings. The van der Waals surface area contributed by atoms with Crippen molar-refractivity contribution in [1.82, 2.24) is 44.2 Å². The van der Waals surface area contributed by atoms with Crippen LogP contribution in [-0.2, 0) is 40.9 Å². The molecule has 0 saturated carbocycles. The highest BCUT2D eigenvalue weighted by Crippen LogP contribution is 2.42. The Hall–Kier alpha value is -9.58. The third-order valence-corrected chi connectivity index (χ3v) is 14.1. The number of sulfonamides is 2. The van der Waals surface area contributed by atoms with Crippen LogP contribution in [-0.4, -0.2) is 142 Å². The Kier molecular flexibility index (Phi) is 19.6. The second-order valence-corrected chi connectivity index (χ2v) is 20.5. The number of nitrogens with zero attached hydrogens (tertiary/aromatic N) is 9. The van der Waals surface area contributed by atoms with Gasteiger partial charge in [0.15, 0.2) is 17.5 Å². The Morgan fingerprint density at radius 1 is 0.793 bits per heavy atom. The van der Waals surface area contributed by atoms with E-state index >= 15 is 0 Å². The maximum Gasteiger partial charge on any atom is 0.389 e. The number of carbonyl (C=O) groups is 6. The summed E-state index contributed by atoms with van der Waals surface area (Å²) in [5.74, 6) is -0.306. The minimum Gasteiger partial charge on any atom is -0.481 e. The number of terminal acetylenes is 1. The number of aryl methyl sites for hydroxylation is 2. The van der Waals surface area contributed by atoms with Gasteiger partial charge in [0, 0.05) is 43.9 Å². The van der Waals surface area contributed by atoms with Crippen LogP contribution in [0.3, 0.4) is 0 Å². The number of anilines is 4. The highest BCUT2D eigenvalue weighted by atomic mass is 32.2. The van der Waals surface area contributed by atoms with Crippen LogP contribution in [0.15, 0.2) is 81.9 Å². The monoisotopic (exact) mass is 1180 g/mol. The molecule has 0 unspecified atom stereocenters. The van der Waals surface area contributed by atoms with Crippen LogP contribution in [0.1, 0.15) is 53.8 Å². The summed E-state index contributed by atoms with van der Waals surface area (Å²) in [6, 6.07) is 9.08. The maximum atomic E-state index is 14.7. The fourth-order valence-electron chi connectivity index (χ4n) is 7.74. The Labute approximate surface area is 464 Å². The van der Waals surface area contributed by atoms with Crippen molar-refractivity contribution in [2.45, 2.75) is 61.5 Å². The molecule has 0 bridgehead atoms. The van der Waals surface area contributed by atoms with Gasteiger partial charge in [0.05, 0.1) is 55.8 Å². The number of ether oxygens (including phenoxy) is 4. The van der Waals surface area contributed by atoms with Crippen molar-refractivity contribution in [3.63, 3.8) is 0 Å². The summed E-state index contributed by atoms with van der Waals surface area (Å²) in [4.78, 5) is 99.4. The number of pyridine rings is 1. The molecule has 8 amide bonds. The van der Waals surface area contributed by atoms with Crippen LogP contribution < -0.4 is 48.8 Å². The van der Waals surface area contributed by atoms with Crippen LogP contribution in [0, 0.1) is 25.1 Å². The number of urea groups is 2. The molecule has 2 aliphatic heterocycles. The zero-order valence-corrected chi connectivity index (χ0v) is 45.7. The van der Waals surface area contributed by atoms with Crippen molar-refractivity contribution in [3.05, 3.63) is 94.7 Å². The molecule has 0 radical (unpaired) electrons. The largest absolute Gasteiger partial charge is 0.481 e. The van der Waals surface area contributed by atoms with Gasteiger partial charge >= 0.3 is 24.2 Å². The van der Waals surface area contributed by atoms with Gasteiger partial charge in [-0.3, -0.25) is 34.7 Å². The third-order valence-electron chi connectivity index (χ3n) is 11.4. The third kappa shape index (κ3) is 15.2. The standard InChI is InChI=1S/C19H15FN2O4.C15H16F3N5O4S.C15H18N6O6S/c1-2-7-21-15-9-14(13(20)8-16(15)26-10-17(21)23)22-18(24)11-5-3-4-6-12(11)19(22)25;1-9-19-12(22-14(20-9)27-2)21-13(24)23-28(25,26)11-6-4-3-5-10(11)7-8-15(16,17)18;1-21(2)13(22)9-6-5-7-16-12(9)28(24,25)20-15(23)19-14-17-10(26-3)8-11(18-14)27-4/h1,8-9H,3-7,10H2;3-6H,7-8H2,1-2H3,(H2,19,20,21,22,23,24);5-8H,1-4H3,(H2,17,18,19,20,23). The van der Waals surface area contributed by atoms with Gasteiger partial charge in [-0.25, -0.2) is 41.7 Å². The molecule has 4 N–H and O–H groups in total. The van der Waals surface area contributed by atoms with Crippen molar-refractivity contribution in [2.75, 3.05) is 69.0 Å². The topological polar surface area (TPSA) is 343 Å². The van der Waals surface area contributed by atoms with E-state index in [4.69, 9.17) is 25.4 Å². The molecule has 27 nitrogen and oxygen atoms in total. The number of hydrogen-bond acceptors (Lipinski definition) is 20. The van der Waals surface area contributed by atoms with E-state index in [1.54, 1.807) is 9.44 Å². The summed E-state index contributed by atoms with van der Waals surface area (Å²) in [7, 11) is -1.99. The average molecular weight is 1180 g/mol. The van der Waals surface area contributed by atoms with Gasteiger partial charge in [-0.1, -0.05) is 24.1 Å². The van der Waals surface area contributed by atoms with Crippen LogP contribution in [0.4, 0.5) is 50.4 Å². The quantitative estimate of drug-likeness (QED) is 0.0687. The number of methoxy groups -OCH3 is 3. The molecule has 2 aromatic carbocycles. The molecule has 3 aliphatic rings. The molecule has 3 aromatic heterocycles. The smallest absolute Gasteiger partial charge is 0.389 e. The minimum atomic E-state index is -4.46. The van der Waals surface area contributed by atoms with Crippen LogP contribution in [0.5, 0.6) is 23.5 Å². The summed E-state index contributed by atoms with van der Waals surface area (Å²) in [6.45, 7) is 1.24. The number of benzene rings is 2. The molecular formula is C49H49F4N13O14S2. The summed E-state index contributed by atoms with van der Waals surface area (Å²) in [6.07, 6.45) is 3.01. The van der Waals surface area contributed by atoms with Gasteiger partial charge in [0.1, 0.15) is 11.6 Å². The van der Waals surface area contributed by atoms with Crippen molar-refractivity contribution in [3.8, 4) is 35.9 Å². The number of alkyl halides is 3. The molecule has 82 heavy (non-hydrogen) atoms. The molecule has 33 heteroatoms. The number of amides is 8. The number of fused-ring (bicyclic) bond motifs is 1. The van der Waals surface area contributed by atoms with E-state index < -0.39 is 84.6 Å². The number of carbonyl (C=O) groups excluding carboxylic acids is 6. The molecule has 434 valence electrons. The van der Waals surface area contributed by atoms with Gasteiger partial charge in [-0.2, -0.15) is 46.5 Å². The number of halogens is 4. The predicted octanol–water partition coefficient (Wildman–Crippen LogP) is 4.22. The first-order valence-electron chi connectivity index (χ1n) is 23.7. The lowest BCUT2D eigenvalue weighted by atomic mass is 9.93. The molecule has 8 rings (SSSR count). The molecular weight excluding hydrogens is 1130 g/mol. The second kappa shape index (κ2) is 26.1. The molecule has 0 atom stereocenters. The molecule has 5 heterocycles. The van der Waals surface area contributed by atoms with E-state index in [1.165, 1.54) is 101 Å². The number of nitrogens with one attached hydrogen (secondary N) is 4. The minimum absolute atomic E-state index is 0.0170. The second-order valence-electron chi connectivity index (χ2n) is 17.2. The highest BCUT2D eigenvalue weighted by Gasteiger charge is 2.42. The summed E-state index contributed by atoms with van der Waals surface area (Å²) in [5.41, 5.74) is 0.733. The lowest BCUT2D eigenvalue weighted by molar-refractivity contribution is -0.134. The van der Waals surface area contributed by atoms with Gasteiger partial charge in [0.2, 0.25) is 23.7 Å². The van der Waals surface area contributed by atoms with Crippen LogP contribution in [0.2, 0.25) is 0 Å². The van der Waals surface area contributed by atoms with Gasteiger partial charge in [0.25, 0.3) is 43.7 Å². The van der Waals surface area contributed by atoms with Crippen molar-refractivity contribution < 1.29 is 82.1 Å². The molecule has 0 saturated heterocycles. The van der Waals surface area contributed by atoms with Crippen molar-refractivity contribution in [1.29, 1.82) is 0 Å². The molecule has 1 aliphatic carbocycles. The van der Waals surface area contributed by atoms with E-state index in [1.807, 2.05) is 0 Å². The zero-order valence-electron chi connectivity index (χ0n) is 44.1. The normalized spacial score (nSPS) is 13.8. The van der Waals surface area contributed by atoms with Crippen LogP contribution >= 0.6 is 0 Å². The Bertz CT molecular complexity index is 3590. The summed E-state index contributed by atoms with van der Waals surface area (Å²) >= 11 is 0. The fraction of sp³-hybridized carbons (Fsp3) is 0.306. The number of rotatable bonds is 14. The number of imide groups is 1. The predicted molar refractivity (Wildman–Crippen MR) is 279 cm³/mol. The lowest BCUT2D eigenvalue weighted by Gasteiger charge is -2.29. The van der Waals surface area contributed by atoms with Crippen LogP contribution in [0.25, 0.3) is 0 Å². The highest BCUT2D eigenvalue weighted by molar-refractivity contribution is 7.90. The fourth-order valence-corrected chi connectivity index (χ4v) is 9.95. The Morgan fingerprint density at radius 2 is 1.39 bits per heavy atom. The average Bonchev–Trinajstić information content (AvgIpc) is 3.72. The first-order chi connectivity index (χ1) is 38.7. The van der Waals surface area contributed by atoms with Gasteiger partial charge < -0.3 is 23.8 Å². The molecule has 0 fully saturated rings. The first kappa shape index (κ1) is 61.6. The lowest BCUT2D eigenvalue weighted by Crippen LogP contribution is -2.39. The first-order valence-corrected chi connectivity index (χ1v) is 26.7. The van der Waals surface area contributed by atoms with Crippen molar-refractivity contribution in [2.24, 2.45) is 0 Å². The SMILES string of the molecule is C#CCN1C(=O)COc2cc(F)c(N3C(=O)C4=C(CCCC4)C3=O)cc21.COc1cc(OC)nc(NC(=O)NS(=O)(=O)c2ncccc2C(=O)N(C)C)n1.COc1nc(C)nc(NC(=O)NS(=O)(=O)c2ccccc2CCC(F)(F)F)n1. The Balaban J connectivity index is 0.000000198. The van der Waals surface area contributed by atoms with E-state index in [0.29, 0.717) is 24.0 Å². The number of hydrogen-bond donors (Lipinski definition) is 4. The maximum absolute atomic E-state index is 14.7.